The Morgan fingerprint density at radius 2 is 1.72 bits per heavy atom. The molecular weight excluding hydrogens is 338 g/mol. The molecule has 1 unspecified atom stereocenters. The van der Waals surface area contributed by atoms with Gasteiger partial charge in [-0.1, -0.05) is 23.7 Å². The van der Waals surface area contributed by atoms with Crippen LogP contribution in [-0.2, 0) is 4.79 Å². The van der Waals surface area contributed by atoms with Gasteiger partial charge in [0.1, 0.15) is 11.5 Å². The van der Waals surface area contributed by atoms with Gasteiger partial charge in [0.15, 0.2) is 6.61 Å². The maximum atomic E-state index is 12.8. The predicted molar refractivity (Wildman–Crippen MR) is 98.2 cm³/mol. The molecule has 25 heavy (non-hydrogen) atoms. The summed E-state index contributed by atoms with van der Waals surface area (Å²) < 4.78 is 10.8. The third kappa shape index (κ3) is 4.45. The second-order valence-corrected chi connectivity index (χ2v) is 6.66. The lowest BCUT2D eigenvalue weighted by molar-refractivity contribution is -0.136. The molecule has 1 fully saturated rings. The maximum absolute atomic E-state index is 12.8. The molecule has 0 heterocycles. The highest BCUT2D eigenvalue weighted by atomic mass is 35.5. The van der Waals surface area contributed by atoms with Crippen molar-refractivity contribution in [1.82, 2.24) is 4.90 Å². The molecule has 4 nitrogen and oxygen atoms in total. The zero-order valence-corrected chi connectivity index (χ0v) is 15.2. The second-order valence-electron chi connectivity index (χ2n) is 6.22. The van der Waals surface area contributed by atoms with Gasteiger partial charge in [0.05, 0.1) is 13.2 Å². The lowest BCUT2D eigenvalue weighted by Gasteiger charge is -2.30. The number of hydrogen-bond acceptors (Lipinski definition) is 3. The number of hydrogen-bond donors (Lipinski definition) is 0. The average Bonchev–Trinajstić information content (AvgIpc) is 3.46. The second kappa shape index (κ2) is 7.79. The van der Waals surface area contributed by atoms with E-state index in [0.29, 0.717) is 16.8 Å². The number of methoxy groups -OCH3 is 1. The number of benzene rings is 2. The van der Waals surface area contributed by atoms with Crippen molar-refractivity contribution in [1.29, 1.82) is 0 Å². The minimum absolute atomic E-state index is 0.000711. The van der Waals surface area contributed by atoms with Crippen LogP contribution in [0.2, 0.25) is 5.02 Å². The molecule has 1 saturated carbocycles. The third-order valence-corrected chi connectivity index (χ3v) is 4.67. The van der Waals surface area contributed by atoms with Gasteiger partial charge in [0, 0.05) is 11.1 Å². The Labute approximate surface area is 153 Å². The number of ether oxygens (including phenoxy) is 2. The molecule has 0 radical (unpaired) electrons. The van der Waals surface area contributed by atoms with Crippen molar-refractivity contribution in [2.45, 2.75) is 31.8 Å². The smallest absolute Gasteiger partial charge is 0.261 e. The van der Waals surface area contributed by atoms with Gasteiger partial charge < -0.3 is 14.4 Å². The van der Waals surface area contributed by atoms with Crippen LogP contribution in [0.15, 0.2) is 48.5 Å². The van der Waals surface area contributed by atoms with Crippen LogP contribution in [0.5, 0.6) is 11.5 Å². The van der Waals surface area contributed by atoms with Crippen LogP contribution in [0.25, 0.3) is 0 Å². The Hall–Kier alpha value is -2.20. The predicted octanol–water partition coefficient (Wildman–Crippen LogP) is 4.48. The molecule has 1 aliphatic carbocycles. The van der Waals surface area contributed by atoms with Crippen molar-refractivity contribution in [3.05, 3.63) is 59.1 Å². The van der Waals surface area contributed by atoms with Crippen molar-refractivity contribution >= 4 is 17.5 Å². The molecule has 1 atom stereocenters. The lowest BCUT2D eigenvalue weighted by Crippen LogP contribution is -2.38. The Morgan fingerprint density at radius 1 is 1.12 bits per heavy atom. The molecule has 0 aromatic heterocycles. The van der Waals surface area contributed by atoms with Crippen LogP contribution >= 0.6 is 11.6 Å². The van der Waals surface area contributed by atoms with Crippen molar-refractivity contribution in [3.63, 3.8) is 0 Å². The van der Waals surface area contributed by atoms with Gasteiger partial charge in [-0.2, -0.15) is 0 Å². The number of rotatable bonds is 7. The first-order valence-electron chi connectivity index (χ1n) is 8.42. The van der Waals surface area contributed by atoms with Gasteiger partial charge in [-0.3, -0.25) is 4.79 Å². The van der Waals surface area contributed by atoms with E-state index in [4.69, 9.17) is 21.1 Å². The van der Waals surface area contributed by atoms with Crippen LogP contribution in [0.4, 0.5) is 0 Å². The summed E-state index contributed by atoms with van der Waals surface area (Å²) in [5.74, 6) is 1.42. The van der Waals surface area contributed by atoms with Crippen LogP contribution in [-0.4, -0.2) is 30.6 Å². The fourth-order valence-corrected chi connectivity index (χ4v) is 3.01. The average molecular weight is 360 g/mol. The van der Waals surface area contributed by atoms with E-state index in [0.717, 1.165) is 24.2 Å². The monoisotopic (exact) mass is 359 g/mol. The summed E-state index contributed by atoms with van der Waals surface area (Å²) in [4.78, 5) is 14.7. The van der Waals surface area contributed by atoms with Crippen LogP contribution in [0, 0.1) is 0 Å². The summed E-state index contributed by atoms with van der Waals surface area (Å²) in [6, 6.07) is 15.2. The Bertz CT molecular complexity index is 711. The van der Waals surface area contributed by atoms with E-state index in [1.165, 1.54) is 0 Å². The molecule has 5 heteroatoms. The van der Waals surface area contributed by atoms with E-state index in [2.05, 4.69) is 0 Å². The highest BCUT2D eigenvalue weighted by Crippen LogP contribution is 2.34. The van der Waals surface area contributed by atoms with Gasteiger partial charge in [0.2, 0.25) is 0 Å². The molecule has 2 aromatic carbocycles. The molecular formula is C20H22ClNO3. The zero-order chi connectivity index (χ0) is 17.8. The molecule has 3 rings (SSSR count). The largest absolute Gasteiger partial charge is 0.497 e. The number of nitrogens with zero attached hydrogens (tertiary/aromatic N) is 1. The first-order valence-corrected chi connectivity index (χ1v) is 8.80. The number of halogens is 1. The third-order valence-electron chi connectivity index (χ3n) is 4.42. The standard InChI is InChI=1S/C20H22ClNO3/c1-14(15-3-5-16(21)6-4-15)22(17-7-8-17)20(23)13-25-19-11-9-18(24-2)10-12-19/h3-6,9-12,14,17H,7-8,13H2,1-2H3. The van der Waals surface area contributed by atoms with E-state index < -0.39 is 0 Å². The fraction of sp³-hybridized carbons (Fsp3) is 0.350. The summed E-state index contributed by atoms with van der Waals surface area (Å²) in [5, 5.41) is 0.697. The molecule has 1 aliphatic rings. The van der Waals surface area contributed by atoms with Gasteiger partial charge >= 0.3 is 0 Å². The lowest BCUT2D eigenvalue weighted by atomic mass is 10.1. The fourth-order valence-electron chi connectivity index (χ4n) is 2.88. The molecule has 0 bridgehead atoms. The van der Waals surface area contributed by atoms with Crippen molar-refractivity contribution in [2.75, 3.05) is 13.7 Å². The van der Waals surface area contributed by atoms with Crippen molar-refractivity contribution in [3.8, 4) is 11.5 Å². The first-order chi connectivity index (χ1) is 12.1. The van der Waals surface area contributed by atoms with Crippen molar-refractivity contribution in [2.24, 2.45) is 0 Å². The van der Waals surface area contributed by atoms with E-state index in [-0.39, 0.29) is 18.6 Å². The summed E-state index contributed by atoms with van der Waals surface area (Å²) in [6.07, 6.45) is 2.10. The molecule has 0 saturated heterocycles. The molecule has 0 N–H and O–H groups in total. The highest BCUT2D eigenvalue weighted by Gasteiger charge is 2.36. The molecule has 2 aromatic rings. The van der Waals surface area contributed by atoms with Crippen LogP contribution < -0.4 is 9.47 Å². The molecule has 1 amide bonds. The summed E-state index contributed by atoms with van der Waals surface area (Å²) in [6.45, 7) is 2.08. The van der Waals surface area contributed by atoms with Gasteiger partial charge in [-0.15, -0.1) is 0 Å². The van der Waals surface area contributed by atoms with E-state index >= 15 is 0 Å². The number of carbonyl (C=O) groups excluding carboxylic acids is 1. The summed E-state index contributed by atoms with van der Waals surface area (Å²) in [7, 11) is 1.62. The van der Waals surface area contributed by atoms with Crippen LogP contribution in [0.3, 0.4) is 0 Å². The minimum Gasteiger partial charge on any atom is -0.497 e. The molecule has 132 valence electrons. The highest BCUT2D eigenvalue weighted by molar-refractivity contribution is 6.30. The zero-order valence-electron chi connectivity index (χ0n) is 14.4. The van der Waals surface area contributed by atoms with E-state index in [1.807, 2.05) is 48.2 Å². The maximum Gasteiger partial charge on any atom is 0.261 e. The number of amides is 1. The topological polar surface area (TPSA) is 38.8 Å². The Kier molecular flexibility index (Phi) is 5.49. The molecule has 0 spiro atoms. The first kappa shape index (κ1) is 17.6. The van der Waals surface area contributed by atoms with Gasteiger partial charge in [-0.05, 0) is 61.7 Å². The number of carbonyl (C=O) groups is 1. The van der Waals surface area contributed by atoms with Gasteiger partial charge in [-0.25, -0.2) is 0 Å². The normalized spacial score (nSPS) is 14.7. The quantitative estimate of drug-likeness (QED) is 0.731. The minimum atomic E-state index is -0.00302. The van der Waals surface area contributed by atoms with Crippen LogP contribution in [0.1, 0.15) is 31.4 Å². The van der Waals surface area contributed by atoms with E-state index in [9.17, 15) is 4.79 Å². The van der Waals surface area contributed by atoms with E-state index in [1.54, 1.807) is 19.2 Å². The molecule has 0 aliphatic heterocycles. The summed E-state index contributed by atoms with van der Waals surface area (Å²) >= 11 is 5.96. The van der Waals surface area contributed by atoms with Crippen molar-refractivity contribution < 1.29 is 14.3 Å². The Balaban J connectivity index is 1.65. The summed E-state index contributed by atoms with van der Waals surface area (Å²) in [5.41, 5.74) is 1.08. The SMILES string of the molecule is COc1ccc(OCC(=O)N(C2CC2)C(C)c2ccc(Cl)cc2)cc1. The van der Waals surface area contributed by atoms with Gasteiger partial charge in [0.25, 0.3) is 5.91 Å². The Morgan fingerprint density at radius 3 is 2.28 bits per heavy atom.